The number of nitrogens with zero attached hydrogens (tertiary/aromatic N) is 2. The maximum absolute atomic E-state index is 9.43. The van der Waals surface area contributed by atoms with E-state index in [0.29, 0.717) is 29.6 Å². The number of fused-ring (bicyclic) bond motifs is 1. The first-order valence-corrected chi connectivity index (χ1v) is 9.35. The number of benzene rings is 2. The van der Waals surface area contributed by atoms with Gasteiger partial charge >= 0.3 is 0 Å². The summed E-state index contributed by atoms with van der Waals surface area (Å²) in [4.78, 5) is 4.54. The van der Waals surface area contributed by atoms with Crippen LogP contribution in [-0.4, -0.2) is 37.4 Å². The standard InChI is InChI=1S/C21H21N5O2S/c1-27-17-5-3-16(4-6-17)25-21(29)24-10-9-23-20-15(13-22)11-14-12-18(28-2)7-8-19(14)26-20/h3-8,11-12H,9-10H2,1-2H3,(H,23,26)(H2,24,25,29). The molecular formula is C21H21N5O2S. The molecule has 0 saturated heterocycles. The molecule has 29 heavy (non-hydrogen) atoms. The van der Waals surface area contributed by atoms with Crippen molar-refractivity contribution in [2.24, 2.45) is 0 Å². The molecule has 2 aromatic carbocycles. The molecule has 0 atom stereocenters. The molecule has 3 rings (SSSR count). The lowest BCUT2D eigenvalue weighted by Crippen LogP contribution is -2.32. The second-order valence-electron chi connectivity index (χ2n) is 6.09. The third-order valence-corrected chi connectivity index (χ3v) is 4.44. The third kappa shape index (κ3) is 5.24. The smallest absolute Gasteiger partial charge is 0.170 e. The van der Waals surface area contributed by atoms with E-state index in [1.165, 1.54) is 0 Å². The molecule has 0 amide bonds. The van der Waals surface area contributed by atoms with Gasteiger partial charge in [-0.15, -0.1) is 0 Å². The number of ether oxygens (including phenoxy) is 2. The van der Waals surface area contributed by atoms with E-state index >= 15 is 0 Å². The summed E-state index contributed by atoms with van der Waals surface area (Å²) in [6, 6.07) is 17.0. The first-order chi connectivity index (χ1) is 14.1. The molecule has 0 aliphatic carbocycles. The summed E-state index contributed by atoms with van der Waals surface area (Å²) in [5, 5.41) is 20.2. The van der Waals surface area contributed by atoms with Gasteiger partial charge in [0.05, 0.1) is 25.3 Å². The molecule has 0 fully saturated rings. The summed E-state index contributed by atoms with van der Waals surface area (Å²) in [5.41, 5.74) is 2.14. The number of rotatable bonds is 7. The fourth-order valence-corrected chi connectivity index (χ4v) is 2.93. The van der Waals surface area contributed by atoms with Crippen molar-refractivity contribution >= 4 is 39.7 Å². The zero-order valence-electron chi connectivity index (χ0n) is 16.2. The number of nitrogens with one attached hydrogen (secondary N) is 3. The molecule has 0 bridgehead atoms. The van der Waals surface area contributed by atoms with Crippen LogP contribution in [0.1, 0.15) is 5.56 Å². The highest BCUT2D eigenvalue weighted by Crippen LogP contribution is 2.23. The monoisotopic (exact) mass is 407 g/mol. The Bertz CT molecular complexity index is 1050. The van der Waals surface area contributed by atoms with Crippen molar-refractivity contribution < 1.29 is 9.47 Å². The minimum atomic E-state index is 0.477. The van der Waals surface area contributed by atoms with Gasteiger partial charge < -0.3 is 25.4 Å². The van der Waals surface area contributed by atoms with Crippen LogP contribution in [0, 0.1) is 11.3 Å². The van der Waals surface area contributed by atoms with Gasteiger partial charge in [0.2, 0.25) is 0 Å². The van der Waals surface area contributed by atoms with Crippen molar-refractivity contribution in [1.29, 1.82) is 5.26 Å². The molecular weight excluding hydrogens is 386 g/mol. The van der Waals surface area contributed by atoms with Crippen molar-refractivity contribution in [2.75, 3.05) is 37.9 Å². The number of hydrogen-bond donors (Lipinski definition) is 3. The van der Waals surface area contributed by atoms with Crippen LogP contribution in [-0.2, 0) is 0 Å². The molecule has 1 aromatic heterocycles. The molecule has 0 unspecified atom stereocenters. The van der Waals surface area contributed by atoms with Crippen LogP contribution < -0.4 is 25.4 Å². The Kier molecular flexibility index (Phi) is 6.66. The van der Waals surface area contributed by atoms with Gasteiger partial charge in [-0.25, -0.2) is 4.98 Å². The normalized spacial score (nSPS) is 10.1. The van der Waals surface area contributed by atoms with Crippen LogP contribution >= 0.6 is 12.2 Å². The van der Waals surface area contributed by atoms with Gasteiger partial charge in [0, 0.05) is 24.2 Å². The summed E-state index contributed by atoms with van der Waals surface area (Å²) >= 11 is 5.30. The van der Waals surface area contributed by atoms with Crippen LogP contribution in [0.4, 0.5) is 11.5 Å². The molecule has 0 aliphatic rings. The first-order valence-electron chi connectivity index (χ1n) is 8.94. The largest absolute Gasteiger partial charge is 0.497 e. The summed E-state index contributed by atoms with van der Waals surface area (Å²) in [7, 11) is 3.23. The Morgan fingerprint density at radius 1 is 1.03 bits per heavy atom. The minimum Gasteiger partial charge on any atom is -0.497 e. The quantitative estimate of drug-likeness (QED) is 0.405. The van der Waals surface area contributed by atoms with Crippen molar-refractivity contribution in [3.8, 4) is 17.6 Å². The summed E-state index contributed by atoms with van der Waals surface area (Å²) in [6.07, 6.45) is 0. The van der Waals surface area contributed by atoms with E-state index in [4.69, 9.17) is 21.7 Å². The first kappa shape index (κ1) is 20.2. The Hall–Kier alpha value is -3.57. The molecule has 0 aliphatic heterocycles. The van der Waals surface area contributed by atoms with E-state index in [-0.39, 0.29) is 0 Å². The number of anilines is 2. The van der Waals surface area contributed by atoms with Gasteiger partial charge in [-0.05, 0) is 60.7 Å². The second-order valence-corrected chi connectivity index (χ2v) is 6.50. The molecule has 148 valence electrons. The molecule has 7 nitrogen and oxygen atoms in total. The van der Waals surface area contributed by atoms with Crippen molar-refractivity contribution in [3.63, 3.8) is 0 Å². The van der Waals surface area contributed by atoms with Crippen LogP contribution in [0.3, 0.4) is 0 Å². The lowest BCUT2D eigenvalue weighted by molar-refractivity contribution is 0.415. The summed E-state index contributed by atoms with van der Waals surface area (Å²) in [6.45, 7) is 1.11. The van der Waals surface area contributed by atoms with Crippen molar-refractivity contribution in [2.45, 2.75) is 0 Å². The van der Waals surface area contributed by atoms with E-state index in [0.717, 1.165) is 28.1 Å². The third-order valence-electron chi connectivity index (χ3n) is 4.19. The fraction of sp³-hybridized carbons (Fsp3) is 0.190. The fourth-order valence-electron chi connectivity index (χ4n) is 2.71. The predicted molar refractivity (Wildman–Crippen MR) is 119 cm³/mol. The Morgan fingerprint density at radius 3 is 2.45 bits per heavy atom. The SMILES string of the molecule is COc1ccc(NC(=S)NCCNc2nc3ccc(OC)cc3cc2C#N)cc1. The van der Waals surface area contributed by atoms with E-state index in [2.05, 4.69) is 27.0 Å². The highest BCUT2D eigenvalue weighted by atomic mass is 32.1. The number of methoxy groups -OCH3 is 2. The van der Waals surface area contributed by atoms with E-state index in [1.54, 1.807) is 20.3 Å². The maximum Gasteiger partial charge on any atom is 0.170 e. The summed E-state index contributed by atoms with van der Waals surface area (Å²) in [5.74, 6) is 2.06. The van der Waals surface area contributed by atoms with Crippen LogP contribution in [0.2, 0.25) is 0 Å². The molecule has 3 N–H and O–H groups in total. The second kappa shape index (κ2) is 9.57. The predicted octanol–water partition coefficient (Wildman–Crippen LogP) is 3.52. The van der Waals surface area contributed by atoms with Crippen LogP contribution in [0.25, 0.3) is 10.9 Å². The van der Waals surface area contributed by atoms with Gasteiger partial charge in [-0.1, -0.05) is 0 Å². The topological polar surface area (TPSA) is 91.2 Å². The van der Waals surface area contributed by atoms with Crippen LogP contribution in [0.15, 0.2) is 48.5 Å². The zero-order valence-corrected chi connectivity index (χ0v) is 17.0. The maximum atomic E-state index is 9.43. The molecule has 0 spiro atoms. The average Bonchev–Trinajstić information content (AvgIpc) is 2.76. The lowest BCUT2D eigenvalue weighted by Gasteiger charge is -2.13. The molecule has 1 heterocycles. The van der Waals surface area contributed by atoms with Crippen LogP contribution in [0.5, 0.6) is 11.5 Å². The Morgan fingerprint density at radius 2 is 1.76 bits per heavy atom. The molecule has 3 aromatic rings. The van der Waals surface area contributed by atoms with E-state index < -0.39 is 0 Å². The molecule has 8 heteroatoms. The Balaban J connectivity index is 1.54. The van der Waals surface area contributed by atoms with Crippen molar-refractivity contribution in [1.82, 2.24) is 10.3 Å². The number of pyridine rings is 1. The highest BCUT2D eigenvalue weighted by Gasteiger charge is 2.07. The van der Waals surface area contributed by atoms with Gasteiger partial charge in [0.1, 0.15) is 23.4 Å². The summed E-state index contributed by atoms with van der Waals surface area (Å²) < 4.78 is 10.4. The van der Waals surface area contributed by atoms with E-state index in [9.17, 15) is 5.26 Å². The van der Waals surface area contributed by atoms with Gasteiger partial charge in [0.25, 0.3) is 0 Å². The van der Waals surface area contributed by atoms with Crippen molar-refractivity contribution in [3.05, 3.63) is 54.1 Å². The number of thiocarbonyl (C=S) groups is 1. The van der Waals surface area contributed by atoms with Gasteiger partial charge in [0.15, 0.2) is 5.11 Å². The number of nitriles is 1. The Labute approximate surface area is 174 Å². The van der Waals surface area contributed by atoms with E-state index in [1.807, 2.05) is 42.5 Å². The molecule has 0 radical (unpaired) electrons. The average molecular weight is 407 g/mol. The minimum absolute atomic E-state index is 0.477. The zero-order chi connectivity index (χ0) is 20.6. The number of hydrogen-bond acceptors (Lipinski definition) is 6. The molecule has 0 saturated carbocycles. The van der Waals surface area contributed by atoms with Gasteiger partial charge in [-0.2, -0.15) is 5.26 Å². The highest BCUT2D eigenvalue weighted by molar-refractivity contribution is 7.80. The van der Waals surface area contributed by atoms with Gasteiger partial charge in [-0.3, -0.25) is 0 Å². The number of aromatic nitrogens is 1. The lowest BCUT2D eigenvalue weighted by atomic mass is 10.1.